The molecule has 6 nitrogen and oxygen atoms in total. The molecule has 1 aromatic rings. The molecule has 1 atom stereocenters. The molecule has 0 aliphatic heterocycles. The Morgan fingerprint density at radius 1 is 0.667 bits per heavy atom. The van der Waals surface area contributed by atoms with Gasteiger partial charge in [-0.1, -0.05) is 145 Å². The molecule has 0 unspecified atom stereocenters. The summed E-state index contributed by atoms with van der Waals surface area (Å²) in [6.45, 7) is 17.7. The van der Waals surface area contributed by atoms with E-state index < -0.39 is 8.32 Å². The summed E-state index contributed by atoms with van der Waals surface area (Å²) in [6.07, 6.45) is 21.6. The molecule has 0 aliphatic carbocycles. The highest BCUT2D eigenvalue weighted by Crippen LogP contribution is 2.42. The summed E-state index contributed by atoms with van der Waals surface area (Å²) in [5.74, 6) is 0.402. The fraction of sp³-hybridized carbons (Fsp3) is 0.857. The Balaban J connectivity index is 2.31. The summed E-state index contributed by atoms with van der Waals surface area (Å²) in [7, 11) is -2.03. The van der Waals surface area contributed by atoms with Gasteiger partial charge >= 0.3 is 0 Å². The van der Waals surface area contributed by atoms with Crippen LogP contribution in [-0.2, 0) is 9.16 Å². The highest BCUT2D eigenvalue weighted by molar-refractivity contribution is 6.77. The van der Waals surface area contributed by atoms with Crippen molar-refractivity contribution in [2.24, 2.45) is 0 Å². The molecule has 0 aromatic carbocycles. The van der Waals surface area contributed by atoms with Crippen molar-refractivity contribution in [3.05, 3.63) is 17.8 Å². The first kappa shape index (κ1) is 38.5. The second-order valence-corrected chi connectivity index (χ2v) is 18.6. The molecule has 1 aromatic heterocycles. The molecule has 7 heteroatoms. The molecule has 1 rings (SSSR count). The maximum absolute atomic E-state index is 9.03. The fourth-order valence-corrected chi connectivity index (χ4v) is 11.9. The monoisotopic (exact) mass is 603 g/mol. The summed E-state index contributed by atoms with van der Waals surface area (Å²) in [6, 6.07) is 5.34. The van der Waals surface area contributed by atoms with E-state index >= 15 is 0 Å². The van der Waals surface area contributed by atoms with Crippen molar-refractivity contribution in [2.75, 3.05) is 19.8 Å². The average molecular weight is 604 g/mol. The lowest BCUT2D eigenvalue weighted by atomic mass is 10.0. The molecule has 0 bridgehead atoms. The lowest BCUT2D eigenvalue weighted by Crippen LogP contribution is -2.50. The van der Waals surface area contributed by atoms with Gasteiger partial charge in [-0.3, -0.25) is 0 Å². The van der Waals surface area contributed by atoms with Crippen molar-refractivity contribution in [3.63, 3.8) is 0 Å². The van der Waals surface area contributed by atoms with Gasteiger partial charge in [-0.05, 0) is 29.1 Å². The Bertz CT molecular complexity index is 789. The van der Waals surface area contributed by atoms with E-state index in [4.69, 9.17) is 19.2 Å². The van der Waals surface area contributed by atoms with Crippen LogP contribution in [0.15, 0.2) is 12.1 Å². The molecule has 0 amide bonds. The van der Waals surface area contributed by atoms with Gasteiger partial charge in [0.2, 0.25) is 14.2 Å². The number of nitrogens with zero attached hydrogens (tertiary/aromatic N) is 3. The Kier molecular flexibility index (Phi) is 21.9. The molecule has 0 saturated heterocycles. The van der Waals surface area contributed by atoms with Gasteiger partial charge in [0.05, 0.1) is 13.2 Å². The molecular formula is C35H65N3O3Si. The van der Waals surface area contributed by atoms with E-state index in [2.05, 4.69) is 58.7 Å². The zero-order chi connectivity index (χ0) is 31.1. The predicted molar refractivity (Wildman–Crippen MR) is 179 cm³/mol. The van der Waals surface area contributed by atoms with Gasteiger partial charge in [-0.25, -0.2) is 0 Å². The molecule has 1 heterocycles. The first-order valence-electron chi connectivity index (χ1n) is 17.4. The minimum atomic E-state index is -2.03. The first-order chi connectivity index (χ1) is 20.3. The van der Waals surface area contributed by atoms with Gasteiger partial charge in [0.15, 0.2) is 5.69 Å². The van der Waals surface area contributed by atoms with Crippen LogP contribution in [0.5, 0.6) is 5.88 Å². The van der Waals surface area contributed by atoms with E-state index in [9.17, 15) is 0 Å². The van der Waals surface area contributed by atoms with Crippen molar-refractivity contribution in [1.82, 2.24) is 10.2 Å². The zero-order valence-electron chi connectivity index (χ0n) is 28.5. The van der Waals surface area contributed by atoms with Crippen LogP contribution in [-0.4, -0.2) is 44.4 Å². The van der Waals surface area contributed by atoms with Crippen molar-refractivity contribution < 1.29 is 13.9 Å². The number of aromatic nitrogens is 2. The van der Waals surface area contributed by atoms with Gasteiger partial charge in [-0.15, -0.1) is 10.2 Å². The third-order valence-corrected chi connectivity index (χ3v) is 14.8. The number of nitriles is 1. The maximum Gasteiger partial charge on any atom is 0.233 e. The van der Waals surface area contributed by atoms with Gasteiger partial charge in [-0.2, -0.15) is 5.26 Å². The highest BCUT2D eigenvalue weighted by atomic mass is 28.4. The van der Waals surface area contributed by atoms with Crippen molar-refractivity contribution in [2.45, 2.75) is 174 Å². The summed E-state index contributed by atoms with van der Waals surface area (Å²) < 4.78 is 19.1. The molecule has 42 heavy (non-hydrogen) atoms. The van der Waals surface area contributed by atoms with Gasteiger partial charge in [0.25, 0.3) is 0 Å². The van der Waals surface area contributed by atoms with E-state index in [0.29, 0.717) is 35.7 Å². The van der Waals surface area contributed by atoms with Crippen LogP contribution < -0.4 is 4.74 Å². The van der Waals surface area contributed by atoms with Crippen LogP contribution in [0.2, 0.25) is 16.6 Å². The number of rotatable bonds is 27. The zero-order valence-corrected chi connectivity index (χ0v) is 29.5. The lowest BCUT2D eigenvalue weighted by molar-refractivity contribution is 0.0181. The van der Waals surface area contributed by atoms with Crippen LogP contribution in [0.1, 0.15) is 157 Å². The molecule has 0 fully saturated rings. The largest absolute Gasteiger partial charge is 0.468 e. The topological polar surface area (TPSA) is 77.3 Å². The average Bonchev–Trinajstić information content (AvgIpc) is 2.96. The summed E-state index contributed by atoms with van der Waals surface area (Å²) in [5, 5.41) is 17.0. The summed E-state index contributed by atoms with van der Waals surface area (Å²) in [5.41, 5.74) is 1.78. The van der Waals surface area contributed by atoms with Crippen LogP contribution in [0.3, 0.4) is 0 Å². The van der Waals surface area contributed by atoms with Crippen molar-refractivity contribution in [3.8, 4) is 11.9 Å². The van der Waals surface area contributed by atoms with E-state index in [1.54, 1.807) is 12.1 Å². The molecule has 0 aliphatic rings. The maximum atomic E-state index is 9.03. The second kappa shape index (κ2) is 23.9. The van der Waals surface area contributed by atoms with Crippen molar-refractivity contribution >= 4 is 8.32 Å². The predicted octanol–water partition coefficient (Wildman–Crippen LogP) is 10.6. The molecule has 242 valence electrons. The third-order valence-electron chi connectivity index (χ3n) is 8.71. The minimum absolute atomic E-state index is 0.267. The summed E-state index contributed by atoms with van der Waals surface area (Å²) >= 11 is 0. The highest BCUT2D eigenvalue weighted by Gasteiger charge is 2.45. The van der Waals surface area contributed by atoms with Crippen LogP contribution in [0.4, 0.5) is 0 Å². The lowest BCUT2D eigenvalue weighted by Gasteiger charge is -2.42. The van der Waals surface area contributed by atoms with Crippen LogP contribution in [0, 0.1) is 11.3 Å². The number of unbranched alkanes of at least 4 members (excludes halogenated alkanes) is 15. The van der Waals surface area contributed by atoms with Crippen LogP contribution in [0.25, 0.3) is 0 Å². The molecule has 0 spiro atoms. The fourth-order valence-electron chi connectivity index (χ4n) is 6.43. The van der Waals surface area contributed by atoms with E-state index in [1.165, 1.54) is 96.3 Å². The van der Waals surface area contributed by atoms with Crippen molar-refractivity contribution in [1.29, 1.82) is 5.26 Å². The SMILES string of the molecule is CCCCCCCCCCCCCCCCCCOC[C@H](CO[Si](C(C)C)(C(C)C)C(C)C)Oc1ccc(C#N)nn1. The van der Waals surface area contributed by atoms with E-state index in [-0.39, 0.29) is 11.8 Å². The summed E-state index contributed by atoms with van der Waals surface area (Å²) in [4.78, 5) is 0. The Hall–Kier alpha value is -1.49. The number of ether oxygens (including phenoxy) is 2. The Morgan fingerprint density at radius 3 is 1.55 bits per heavy atom. The number of hydrogen-bond donors (Lipinski definition) is 0. The van der Waals surface area contributed by atoms with Crippen LogP contribution >= 0.6 is 0 Å². The van der Waals surface area contributed by atoms with Gasteiger partial charge in [0.1, 0.15) is 12.2 Å². The number of hydrogen-bond acceptors (Lipinski definition) is 6. The standard InChI is InChI=1S/C35H65N3O3Si/c1-8-9-10-11-12-13-14-15-16-17-18-19-20-21-22-23-26-39-28-34(41-35-25-24-33(27-36)37-38-35)29-40-42(30(2)3,31(4)5)32(6)7/h24-25,30-32,34H,8-23,26,28-29H2,1-7H3/t34-/m1/s1. The minimum Gasteiger partial charge on any atom is -0.468 e. The molecule has 0 saturated carbocycles. The van der Waals surface area contributed by atoms with E-state index in [0.717, 1.165) is 13.0 Å². The Morgan fingerprint density at radius 2 is 1.14 bits per heavy atom. The third kappa shape index (κ3) is 15.8. The molecule has 0 N–H and O–H groups in total. The quantitative estimate of drug-likeness (QED) is 0.0735. The first-order valence-corrected chi connectivity index (χ1v) is 19.5. The molecular weight excluding hydrogens is 538 g/mol. The van der Waals surface area contributed by atoms with E-state index in [1.807, 2.05) is 6.07 Å². The van der Waals surface area contributed by atoms with Gasteiger partial charge < -0.3 is 13.9 Å². The second-order valence-electron chi connectivity index (χ2n) is 13.1. The Labute approximate surface area is 260 Å². The smallest absolute Gasteiger partial charge is 0.233 e. The normalized spacial score (nSPS) is 12.8. The van der Waals surface area contributed by atoms with Gasteiger partial charge in [0, 0.05) is 12.7 Å². The molecule has 0 radical (unpaired) electrons.